The van der Waals surface area contributed by atoms with Gasteiger partial charge in [-0.05, 0) is 12.1 Å². The van der Waals surface area contributed by atoms with E-state index >= 15 is 0 Å². The summed E-state index contributed by atoms with van der Waals surface area (Å²) in [5.74, 6) is -2.45. The van der Waals surface area contributed by atoms with Crippen LogP contribution in [0.5, 0.6) is 0 Å². The van der Waals surface area contributed by atoms with Gasteiger partial charge in [-0.3, -0.25) is 9.79 Å². The zero-order valence-electron chi connectivity index (χ0n) is 11.9. The first-order valence-corrected chi connectivity index (χ1v) is 7.32. The van der Waals surface area contributed by atoms with Gasteiger partial charge in [0.25, 0.3) is 0 Å². The first kappa shape index (κ1) is 14.3. The first-order valence-electron chi connectivity index (χ1n) is 7.32. The van der Waals surface area contributed by atoms with Gasteiger partial charge in [-0.2, -0.15) is 0 Å². The predicted molar refractivity (Wildman–Crippen MR) is 78.0 cm³/mol. The molecule has 2 aliphatic heterocycles. The molecule has 4 nitrogen and oxygen atoms in total. The van der Waals surface area contributed by atoms with E-state index in [1.54, 1.807) is 0 Å². The fraction of sp³-hybridized carbons (Fsp3) is 0.294. The number of carbonyl (C=O) groups excluding carboxylic acids is 1. The lowest BCUT2D eigenvalue weighted by molar-refractivity contribution is -0.119. The molecular formula is C17H13F2NO3. The number of ketones is 1. The second-order valence-corrected chi connectivity index (χ2v) is 5.83. The normalized spacial score (nSPS) is 31.7. The zero-order valence-corrected chi connectivity index (χ0v) is 11.9. The summed E-state index contributed by atoms with van der Waals surface area (Å²) in [5.41, 5.74) is -0.0571. The van der Waals surface area contributed by atoms with Crippen molar-refractivity contribution in [3.05, 3.63) is 58.9 Å². The van der Waals surface area contributed by atoms with Crippen molar-refractivity contribution in [1.82, 2.24) is 0 Å². The fourth-order valence-electron chi connectivity index (χ4n) is 3.47. The number of allylic oxidation sites excluding steroid dienone is 1. The molecule has 4 unspecified atom stereocenters. The average Bonchev–Trinajstić information content (AvgIpc) is 3.19. The number of aliphatic hydroxyl groups excluding tert-OH is 1. The Labute approximate surface area is 130 Å². The van der Waals surface area contributed by atoms with Crippen LogP contribution in [0.15, 0.2) is 46.7 Å². The van der Waals surface area contributed by atoms with Crippen LogP contribution in [0, 0.1) is 23.5 Å². The average molecular weight is 317 g/mol. The Morgan fingerprint density at radius 1 is 1.17 bits per heavy atom. The van der Waals surface area contributed by atoms with Crippen molar-refractivity contribution in [1.29, 1.82) is 0 Å². The third-order valence-electron chi connectivity index (χ3n) is 4.59. The molecule has 23 heavy (non-hydrogen) atoms. The molecule has 1 N–H and O–H groups in total. The molecule has 1 saturated heterocycles. The van der Waals surface area contributed by atoms with Crippen LogP contribution in [0.25, 0.3) is 0 Å². The second kappa shape index (κ2) is 5.09. The van der Waals surface area contributed by atoms with Crippen LogP contribution in [0.1, 0.15) is 5.56 Å². The molecule has 3 aliphatic rings. The number of aliphatic hydroxyl groups is 1. The van der Waals surface area contributed by atoms with Crippen molar-refractivity contribution in [3.8, 4) is 0 Å². The van der Waals surface area contributed by atoms with Gasteiger partial charge >= 0.3 is 0 Å². The molecule has 0 amide bonds. The number of rotatable bonds is 3. The summed E-state index contributed by atoms with van der Waals surface area (Å²) in [5, 5.41) is 10.3. The highest BCUT2D eigenvalue weighted by Crippen LogP contribution is 2.48. The molecule has 4 atom stereocenters. The van der Waals surface area contributed by atoms with Gasteiger partial charge < -0.3 is 9.84 Å². The minimum Gasteiger partial charge on any atom is -0.511 e. The maximum atomic E-state index is 13.5. The van der Waals surface area contributed by atoms with Crippen molar-refractivity contribution in [2.75, 3.05) is 0 Å². The Balaban J connectivity index is 1.56. The van der Waals surface area contributed by atoms with Gasteiger partial charge in [-0.1, -0.05) is 18.2 Å². The van der Waals surface area contributed by atoms with E-state index in [0.717, 1.165) is 12.1 Å². The smallest absolute Gasteiger partial charge is 0.174 e. The number of fused-ring (bicyclic) bond motifs is 5. The molecule has 0 radical (unpaired) electrons. The Bertz CT molecular complexity index is 764. The van der Waals surface area contributed by atoms with Crippen molar-refractivity contribution >= 4 is 12.0 Å². The molecule has 2 bridgehead atoms. The number of Topliss-reactive ketones (excluding diaryl/α,β-unsaturated/α-hetero) is 1. The molecule has 6 heteroatoms. The number of hydrogen-bond donors (Lipinski definition) is 1. The third-order valence-corrected chi connectivity index (χ3v) is 4.59. The lowest BCUT2D eigenvalue weighted by Gasteiger charge is -2.15. The number of carbonyl (C=O) groups is 1. The lowest BCUT2D eigenvalue weighted by Crippen LogP contribution is -2.26. The van der Waals surface area contributed by atoms with Crippen LogP contribution in [0.3, 0.4) is 0 Å². The Kier molecular flexibility index (Phi) is 3.16. The van der Waals surface area contributed by atoms with Gasteiger partial charge in [0.05, 0.1) is 36.2 Å². The highest BCUT2D eigenvalue weighted by Gasteiger charge is 2.56. The fourth-order valence-corrected chi connectivity index (χ4v) is 3.47. The Morgan fingerprint density at radius 3 is 2.48 bits per heavy atom. The largest absolute Gasteiger partial charge is 0.511 e. The highest BCUT2D eigenvalue weighted by atomic mass is 19.1. The molecule has 0 aromatic heterocycles. The predicted octanol–water partition coefficient (Wildman–Crippen LogP) is 2.50. The van der Waals surface area contributed by atoms with Crippen molar-refractivity contribution in [3.63, 3.8) is 0 Å². The molecule has 1 aliphatic carbocycles. The van der Waals surface area contributed by atoms with Crippen LogP contribution in [0.2, 0.25) is 0 Å². The maximum Gasteiger partial charge on any atom is 0.174 e. The van der Waals surface area contributed by atoms with Crippen molar-refractivity contribution in [2.24, 2.45) is 16.8 Å². The van der Waals surface area contributed by atoms with Crippen LogP contribution < -0.4 is 0 Å². The van der Waals surface area contributed by atoms with E-state index in [9.17, 15) is 18.7 Å². The van der Waals surface area contributed by atoms with E-state index in [2.05, 4.69) is 4.99 Å². The van der Waals surface area contributed by atoms with Crippen molar-refractivity contribution < 1.29 is 23.4 Å². The third kappa shape index (κ3) is 2.05. The zero-order chi connectivity index (χ0) is 16.1. The summed E-state index contributed by atoms with van der Waals surface area (Å²) < 4.78 is 32.6. The molecule has 2 heterocycles. The minimum absolute atomic E-state index is 0.0467. The van der Waals surface area contributed by atoms with E-state index < -0.39 is 17.6 Å². The molecule has 0 spiro atoms. The molecule has 0 saturated carbocycles. The molecular weight excluding hydrogens is 304 g/mol. The van der Waals surface area contributed by atoms with E-state index in [1.165, 1.54) is 12.3 Å². The van der Waals surface area contributed by atoms with Gasteiger partial charge in [0.2, 0.25) is 0 Å². The lowest BCUT2D eigenvalue weighted by atomic mass is 9.84. The van der Waals surface area contributed by atoms with Gasteiger partial charge in [0.1, 0.15) is 17.4 Å². The second-order valence-electron chi connectivity index (χ2n) is 5.83. The summed E-state index contributed by atoms with van der Waals surface area (Å²) in [7, 11) is 0. The number of halogens is 2. The van der Waals surface area contributed by atoms with Crippen molar-refractivity contribution in [2.45, 2.75) is 18.8 Å². The molecule has 4 rings (SSSR count). The van der Waals surface area contributed by atoms with Crippen LogP contribution in [-0.2, 0) is 16.1 Å². The summed E-state index contributed by atoms with van der Waals surface area (Å²) in [4.78, 5) is 16.3. The van der Waals surface area contributed by atoms with Gasteiger partial charge in [0, 0.05) is 11.8 Å². The van der Waals surface area contributed by atoms with E-state index in [1.807, 2.05) is 12.2 Å². The summed E-state index contributed by atoms with van der Waals surface area (Å²) in [6, 6.07) is 3.57. The first-order chi connectivity index (χ1) is 11.1. The molecule has 118 valence electrons. The minimum atomic E-state index is -0.689. The number of nitrogens with zero attached hydrogens (tertiary/aromatic N) is 1. The molecule has 1 aromatic carbocycles. The van der Waals surface area contributed by atoms with Crippen LogP contribution >= 0.6 is 0 Å². The summed E-state index contributed by atoms with van der Waals surface area (Å²) in [6.07, 6.45) is 4.27. The van der Waals surface area contributed by atoms with E-state index in [0.29, 0.717) is 0 Å². The monoisotopic (exact) mass is 317 g/mol. The van der Waals surface area contributed by atoms with Gasteiger partial charge in [0.15, 0.2) is 5.78 Å². The number of ether oxygens (including phenoxy) is 1. The summed E-state index contributed by atoms with van der Waals surface area (Å²) >= 11 is 0. The van der Waals surface area contributed by atoms with Crippen LogP contribution in [0.4, 0.5) is 8.78 Å². The van der Waals surface area contributed by atoms with Gasteiger partial charge in [-0.25, -0.2) is 8.78 Å². The number of benzene rings is 1. The maximum absolute atomic E-state index is 13.5. The quantitative estimate of drug-likeness (QED) is 0.688. The van der Waals surface area contributed by atoms with Crippen LogP contribution in [-0.4, -0.2) is 29.3 Å². The Morgan fingerprint density at radius 2 is 1.83 bits per heavy atom. The highest BCUT2D eigenvalue weighted by molar-refractivity contribution is 6.17. The number of aliphatic imine (C=N–C) groups is 1. The number of hydrogen-bond acceptors (Lipinski definition) is 4. The van der Waals surface area contributed by atoms with Gasteiger partial charge in [-0.15, -0.1) is 0 Å². The molecule has 1 fully saturated rings. The Hall–Kier alpha value is -2.34. The summed E-state index contributed by atoms with van der Waals surface area (Å²) in [6.45, 7) is -0.237. The SMILES string of the molecule is O=C1C(C=NCc2c(F)cccc2F)=C(O)C2C3C=CC(O3)C12. The topological polar surface area (TPSA) is 58.9 Å². The van der Waals surface area contributed by atoms with E-state index in [-0.39, 0.29) is 47.3 Å². The standard InChI is InChI=1S/C17H13F2NO3/c18-10-2-1-3-11(19)8(10)6-20-7-9-16(21)14-12-4-5-13(23-12)15(14)17(9)22/h1-5,7,12-15,21H,6H2. The van der Waals surface area contributed by atoms with E-state index in [4.69, 9.17) is 4.74 Å². The molecule has 1 aromatic rings.